The first kappa shape index (κ1) is 44.0. The molecule has 70 heavy (non-hydrogen) atoms. The van der Waals surface area contributed by atoms with Crippen molar-refractivity contribution < 1.29 is 0 Å². The summed E-state index contributed by atoms with van der Waals surface area (Å²) in [6, 6.07) is 58.4. The number of hydrogen-bond donors (Lipinski definition) is 0. The monoisotopic (exact) mass is 916 g/mol. The van der Waals surface area contributed by atoms with Gasteiger partial charge >= 0.3 is 0 Å². The fraction of sp³-hybridized carbons (Fsp3) is 0.364. The Balaban J connectivity index is 1.18. The van der Waals surface area contributed by atoms with Gasteiger partial charge in [0.2, 0.25) is 0 Å². The third kappa shape index (κ3) is 5.65. The molecule has 0 N–H and O–H groups in total. The van der Waals surface area contributed by atoms with E-state index in [1.54, 1.807) is 5.56 Å². The van der Waals surface area contributed by atoms with Crippen LogP contribution in [-0.2, 0) is 21.7 Å². The summed E-state index contributed by atoms with van der Waals surface area (Å²) in [4.78, 5) is 8.51. The van der Waals surface area contributed by atoms with Crippen molar-refractivity contribution in [2.75, 3.05) is 14.7 Å². The predicted octanol–water partition coefficient (Wildman–Crippen LogP) is 15.1. The summed E-state index contributed by atoms with van der Waals surface area (Å²) in [5.41, 5.74) is 24.3. The van der Waals surface area contributed by atoms with Crippen LogP contribution >= 0.6 is 0 Å². The van der Waals surface area contributed by atoms with Crippen LogP contribution in [0, 0.1) is 13.8 Å². The van der Waals surface area contributed by atoms with E-state index in [0.717, 1.165) is 25.7 Å². The molecule has 7 aromatic carbocycles. The number of fused-ring (bicyclic) bond motifs is 10. The predicted molar refractivity (Wildman–Crippen MR) is 298 cm³/mol. The molecule has 2 saturated carbocycles. The molecule has 13 rings (SSSR count). The molecule has 0 aromatic heterocycles. The van der Waals surface area contributed by atoms with Gasteiger partial charge in [0.1, 0.15) is 0 Å². The first-order valence-corrected chi connectivity index (χ1v) is 26.7. The van der Waals surface area contributed by atoms with E-state index in [1.807, 2.05) is 0 Å². The molecule has 0 amide bonds. The van der Waals surface area contributed by atoms with E-state index in [2.05, 4.69) is 230 Å². The van der Waals surface area contributed by atoms with Crippen molar-refractivity contribution in [3.63, 3.8) is 0 Å². The van der Waals surface area contributed by atoms with Gasteiger partial charge in [-0.2, -0.15) is 0 Å². The van der Waals surface area contributed by atoms with Crippen molar-refractivity contribution in [3.8, 4) is 0 Å². The van der Waals surface area contributed by atoms with Crippen LogP contribution in [0.5, 0.6) is 0 Å². The van der Waals surface area contributed by atoms with Crippen LogP contribution in [0.25, 0.3) is 0 Å². The highest BCUT2D eigenvalue weighted by molar-refractivity contribution is 7.00. The highest BCUT2D eigenvalue weighted by Crippen LogP contribution is 2.67. The third-order valence-electron chi connectivity index (χ3n) is 19.0. The number of nitrogens with zero attached hydrogens (tertiary/aromatic N) is 3. The van der Waals surface area contributed by atoms with Crippen LogP contribution in [0.2, 0.25) is 0 Å². The largest absolute Gasteiger partial charge is 0.335 e. The Morgan fingerprint density at radius 2 is 0.986 bits per heavy atom. The Morgan fingerprint density at radius 1 is 0.443 bits per heavy atom. The molecule has 0 saturated heterocycles. The average molecular weight is 916 g/mol. The molecule has 352 valence electrons. The molecule has 4 unspecified atom stereocenters. The SMILES string of the molecule is Cc1ccc(N2c3ccc(C)cc3B3c4cc(C(C)(C)C)cc5c4N(c4cc(N6c7ccc(C(C)(C)C)cc7C7(c8ccccc8)CCCCC67C)cc2c43)C2(C)CCCCC52c2ccccc2)cc1. The number of hydrogen-bond acceptors (Lipinski definition) is 3. The van der Waals surface area contributed by atoms with Crippen molar-refractivity contribution in [2.24, 2.45) is 0 Å². The molecule has 2 aliphatic carbocycles. The average Bonchev–Trinajstić information content (AvgIpc) is 3.74. The first-order valence-electron chi connectivity index (χ1n) is 26.7. The Labute approximate surface area is 419 Å². The fourth-order valence-electron chi connectivity index (χ4n) is 15.6. The summed E-state index contributed by atoms with van der Waals surface area (Å²) in [6.45, 7) is 24.3. The molecule has 0 spiro atoms. The maximum absolute atomic E-state index is 2.97. The zero-order valence-electron chi connectivity index (χ0n) is 43.4. The summed E-state index contributed by atoms with van der Waals surface area (Å²) in [6.07, 6.45) is 9.36. The minimum absolute atomic E-state index is 0.0189. The minimum Gasteiger partial charge on any atom is -0.335 e. The third-order valence-corrected chi connectivity index (χ3v) is 19.0. The van der Waals surface area contributed by atoms with Gasteiger partial charge in [-0.05, 0) is 150 Å². The van der Waals surface area contributed by atoms with Gasteiger partial charge < -0.3 is 14.7 Å². The summed E-state index contributed by atoms with van der Waals surface area (Å²) in [7, 11) is 0. The highest BCUT2D eigenvalue weighted by atomic mass is 15.3. The normalized spacial score (nSPS) is 24.9. The molecule has 7 aromatic rings. The molecule has 4 aliphatic heterocycles. The Morgan fingerprint density at radius 3 is 1.61 bits per heavy atom. The van der Waals surface area contributed by atoms with Crippen molar-refractivity contribution in [2.45, 2.75) is 153 Å². The fourth-order valence-corrected chi connectivity index (χ4v) is 15.6. The van der Waals surface area contributed by atoms with Gasteiger partial charge in [0.05, 0.1) is 11.1 Å². The molecule has 4 heteroatoms. The lowest BCUT2D eigenvalue weighted by Crippen LogP contribution is -2.65. The van der Waals surface area contributed by atoms with E-state index >= 15 is 0 Å². The van der Waals surface area contributed by atoms with Crippen LogP contribution < -0.4 is 31.1 Å². The lowest BCUT2D eigenvalue weighted by molar-refractivity contribution is 0.214. The second kappa shape index (κ2) is 14.8. The molecule has 3 nitrogen and oxygen atoms in total. The van der Waals surface area contributed by atoms with E-state index in [-0.39, 0.29) is 39.5 Å². The summed E-state index contributed by atoms with van der Waals surface area (Å²) >= 11 is 0. The van der Waals surface area contributed by atoms with Gasteiger partial charge in [-0.25, -0.2) is 0 Å². The van der Waals surface area contributed by atoms with Gasteiger partial charge in [0.15, 0.2) is 0 Å². The van der Waals surface area contributed by atoms with Crippen LogP contribution in [0.4, 0.5) is 39.8 Å². The van der Waals surface area contributed by atoms with Crippen LogP contribution in [-0.4, -0.2) is 17.8 Å². The highest BCUT2D eigenvalue weighted by Gasteiger charge is 2.66. The van der Waals surface area contributed by atoms with E-state index in [0.29, 0.717) is 0 Å². The van der Waals surface area contributed by atoms with E-state index in [4.69, 9.17) is 0 Å². The van der Waals surface area contributed by atoms with Crippen molar-refractivity contribution in [1.82, 2.24) is 0 Å². The van der Waals surface area contributed by atoms with Crippen LogP contribution in [0.3, 0.4) is 0 Å². The molecular weight excluding hydrogens is 846 g/mol. The lowest BCUT2D eigenvalue weighted by Gasteiger charge is -2.55. The first-order chi connectivity index (χ1) is 33.5. The topological polar surface area (TPSA) is 9.72 Å². The summed E-state index contributed by atoms with van der Waals surface area (Å²) in [5.74, 6) is 0. The summed E-state index contributed by atoms with van der Waals surface area (Å²) < 4.78 is 0. The Kier molecular flexibility index (Phi) is 9.29. The maximum Gasteiger partial charge on any atom is 0.252 e. The standard InChI is InChI=1S/C66H70BN3/c1-43-25-29-49(30-26-43)68-56-31-27-44(2)37-53(56)67-54-40-48(62(6,7)8)39-52-60(54)70(64(10)34-18-20-36-66(52,64)46-23-15-12-16-24-46)58-42-50(41-57(68)59(58)67)69-55-32-28-47(61(3,4)5)38-51(55)65(45-21-13-11-14-22-45)35-19-17-33-63(65,69)9/h11-16,21-32,37-42H,17-20,33-36H2,1-10H3. The maximum atomic E-state index is 2.97. The minimum atomic E-state index is -0.225. The van der Waals surface area contributed by atoms with Gasteiger partial charge in [-0.1, -0.05) is 188 Å². The zero-order chi connectivity index (χ0) is 48.3. The number of rotatable bonds is 4. The molecular formula is C66H70BN3. The van der Waals surface area contributed by atoms with E-state index in [1.165, 1.54) is 121 Å². The van der Waals surface area contributed by atoms with Gasteiger partial charge in [-0.3, -0.25) is 0 Å². The van der Waals surface area contributed by atoms with Crippen LogP contribution in [0.15, 0.2) is 146 Å². The Bertz CT molecular complexity index is 3270. The lowest BCUT2D eigenvalue weighted by atomic mass is 9.33. The second-order valence-corrected chi connectivity index (χ2v) is 24.9. The molecule has 2 fully saturated rings. The molecule has 0 radical (unpaired) electrons. The quantitative estimate of drug-likeness (QED) is 0.163. The van der Waals surface area contributed by atoms with E-state index in [9.17, 15) is 0 Å². The molecule has 4 heterocycles. The number of anilines is 7. The van der Waals surface area contributed by atoms with Gasteiger partial charge in [0, 0.05) is 50.6 Å². The zero-order valence-corrected chi connectivity index (χ0v) is 43.4. The second-order valence-electron chi connectivity index (χ2n) is 24.9. The van der Waals surface area contributed by atoms with Gasteiger partial charge in [0.25, 0.3) is 6.71 Å². The van der Waals surface area contributed by atoms with Crippen molar-refractivity contribution in [1.29, 1.82) is 0 Å². The molecule has 4 atom stereocenters. The smallest absolute Gasteiger partial charge is 0.252 e. The molecule has 6 aliphatic rings. The number of benzene rings is 7. The Hall–Kier alpha value is -6.00. The van der Waals surface area contributed by atoms with Crippen molar-refractivity contribution in [3.05, 3.63) is 190 Å². The summed E-state index contributed by atoms with van der Waals surface area (Å²) in [5, 5.41) is 0. The van der Waals surface area contributed by atoms with Gasteiger partial charge in [-0.15, -0.1) is 0 Å². The van der Waals surface area contributed by atoms with E-state index < -0.39 is 0 Å². The number of aryl methyl sites for hydroxylation is 2. The van der Waals surface area contributed by atoms with Crippen molar-refractivity contribution >= 4 is 62.9 Å². The molecule has 0 bridgehead atoms. The van der Waals surface area contributed by atoms with Crippen LogP contribution in [0.1, 0.15) is 151 Å².